The summed E-state index contributed by atoms with van der Waals surface area (Å²) in [6, 6.07) is 10.3. The number of fused-ring (bicyclic) bond motifs is 1. The second-order valence-electron chi connectivity index (χ2n) is 5.59. The number of H-pyrrole nitrogens is 1. The largest absolute Gasteiger partial charge is 0.357 e. The number of aromatic nitrogens is 1. The number of nitrogens with zero attached hydrogens (tertiary/aromatic N) is 1. The normalized spacial score (nSPS) is 20.1. The van der Waals surface area contributed by atoms with Crippen LogP contribution in [0, 0.1) is 0 Å². The van der Waals surface area contributed by atoms with E-state index in [0.29, 0.717) is 6.54 Å². The number of likely N-dealkylation sites (tertiary alicyclic amines) is 1. The van der Waals surface area contributed by atoms with Gasteiger partial charge in [-0.15, -0.1) is 0 Å². The molecule has 0 spiro atoms. The van der Waals surface area contributed by atoms with Gasteiger partial charge >= 0.3 is 0 Å². The average Bonchev–Trinajstić information content (AvgIpc) is 2.88. The Hall–Kier alpha value is -1.81. The first-order chi connectivity index (χ1) is 9.74. The number of hydrogen-bond donors (Lipinski definition) is 2. The van der Waals surface area contributed by atoms with Gasteiger partial charge in [0.15, 0.2) is 0 Å². The molecule has 1 saturated heterocycles. The summed E-state index contributed by atoms with van der Waals surface area (Å²) in [4.78, 5) is 17.7. The first kappa shape index (κ1) is 13.2. The molecule has 20 heavy (non-hydrogen) atoms. The minimum absolute atomic E-state index is 0.0353. The van der Waals surface area contributed by atoms with Crippen molar-refractivity contribution in [2.24, 2.45) is 0 Å². The zero-order valence-electron chi connectivity index (χ0n) is 11.9. The molecule has 0 radical (unpaired) electrons. The van der Waals surface area contributed by atoms with Crippen LogP contribution in [0.3, 0.4) is 0 Å². The van der Waals surface area contributed by atoms with Gasteiger partial charge in [0.25, 0.3) is 0 Å². The lowest BCUT2D eigenvalue weighted by atomic mass is 10.0. The van der Waals surface area contributed by atoms with Crippen LogP contribution in [0.1, 0.15) is 25.0 Å². The van der Waals surface area contributed by atoms with E-state index in [1.807, 2.05) is 19.2 Å². The maximum atomic E-state index is 12.2. The number of aromatic amines is 1. The minimum Gasteiger partial charge on any atom is -0.357 e. The van der Waals surface area contributed by atoms with Crippen LogP contribution < -0.4 is 5.32 Å². The molecule has 0 aliphatic carbocycles. The Balaban J connectivity index is 1.62. The summed E-state index contributed by atoms with van der Waals surface area (Å²) < 4.78 is 0. The van der Waals surface area contributed by atoms with E-state index in [4.69, 9.17) is 0 Å². The number of nitrogens with one attached hydrogen (secondary N) is 2. The van der Waals surface area contributed by atoms with Crippen molar-refractivity contribution in [2.75, 3.05) is 13.6 Å². The van der Waals surface area contributed by atoms with Gasteiger partial charge in [-0.2, -0.15) is 0 Å². The molecule has 0 saturated carbocycles. The maximum absolute atomic E-state index is 12.2. The van der Waals surface area contributed by atoms with Crippen LogP contribution in [0.4, 0.5) is 0 Å². The number of likely N-dealkylation sites (N-methyl/N-ethyl adjacent to an activating group) is 1. The topological polar surface area (TPSA) is 48.1 Å². The third kappa shape index (κ3) is 2.70. The fraction of sp³-hybridized carbons (Fsp3) is 0.438. The number of amides is 1. The quantitative estimate of drug-likeness (QED) is 0.899. The predicted octanol–water partition coefficient (Wildman–Crippen LogP) is 2.27. The Labute approximate surface area is 119 Å². The molecule has 0 bridgehead atoms. The molecule has 2 aromatic rings. The van der Waals surface area contributed by atoms with Crippen LogP contribution in [0.5, 0.6) is 0 Å². The van der Waals surface area contributed by atoms with E-state index in [1.54, 1.807) is 0 Å². The van der Waals surface area contributed by atoms with Crippen LogP contribution in [0.15, 0.2) is 30.3 Å². The lowest BCUT2D eigenvalue weighted by Crippen LogP contribution is -2.47. The first-order valence-electron chi connectivity index (χ1n) is 7.28. The maximum Gasteiger partial charge on any atom is 0.237 e. The van der Waals surface area contributed by atoms with Crippen molar-refractivity contribution in [3.63, 3.8) is 0 Å². The molecule has 2 heterocycles. The van der Waals surface area contributed by atoms with Gasteiger partial charge in [0, 0.05) is 11.2 Å². The van der Waals surface area contributed by atoms with Crippen LogP contribution in [-0.4, -0.2) is 35.4 Å². The Morgan fingerprint density at radius 2 is 2.25 bits per heavy atom. The Morgan fingerprint density at radius 1 is 1.40 bits per heavy atom. The zero-order chi connectivity index (χ0) is 13.9. The fourth-order valence-corrected chi connectivity index (χ4v) is 2.94. The summed E-state index contributed by atoms with van der Waals surface area (Å²) in [5, 5.41) is 4.23. The average molecular weight is 271 g/mol. The van der Waals surface area contributed by atoms with Crippen molar-refractivity contribution < 1.29 is 4.79 Å². The van der Waals surface area contributed by atoms with E-state index in [1.165, 1.54) is 11.8 Å². The van der Waals surface area contributed by atoms with E-state index in [9.17, 15) is 4.79 Å². The minimum atomic E-state index is 0.0353. The lowest BCUT2D eigenvalue weighted by Gasteiger charge is -2.31. The van der Waals surface area contributed by atoms with Crippen molar-refractivity contribution in [3.8, 4) is 0 Å². The molecule has 1 aliphatic heterocycles. The number of para-hydroxylation sites is 1. The molecule has 1 fully saturated rings. The van der Waals surface area contributed by atoms with Gasteiger partial charge in [0.05, 0.1) is 12.6 Å². The summed E-state index contributed by atoms with van der Waals surface area (Å²) in [6.45, 7) is 1.59. The highest BCUT2D eigenvalue weighted by molar-refractivity contribution is 5.82. The summed E-state index contributed by atoms with van der Waals surface area (Å²) in [5.41, 5.74) is 2.17. The van der Waals surface area contributed by atoms with Gasteiger partial charge in [0.1, 0.15) is 0 Å². The molecular weight excluding hydrogens is 250 g/mol. The standard InChI is InChI=1S/C16H21N3O/c1-19-9-5-4-8-15(19)16(20)17-11-13-10-12-6-2-3-7-14(12)18-13/h2-3,6-7,10,15,18H,4-5,8-9,11H2,1H3,(H,17,20). The molecule has 1 unspecified atom stereocenters. The van der Waals surface area contributed by atoms with Crippen LogP contribution in [0.2, 0.25) is 0 Å². The lowest BCUT2D eigenvalue weighted by molar-refractivity contribution is -0.127. The Morgan fingerprint density at radius 3 is 3.05 bits per heavy atom. The summed E-state index contributed by atoms with van der Waals surface area (Å²) in [7, 11) is 2.03. The second kappa shape index (κ2) is 5.67. The molecule has 1 aromatic heterocycles. The van der Waals surface area contributed by atoms with E-state index in [2.05, 4.69) is 33.4 Å². The molecule has 106 valence electrons. The van der Waals surface area contributed by atoms with E-state index in [-0.39, 0.29) is 11.9 Å². The Bertz CT molecular complexity index is 572. The van der Waals surface area contributed by atoms with Crippen LogP contribution in [-0.2, 0) is 11.3 Å². The first-order valence-corrected chi connectivity index (χ1v) is 7.28. The number of hydrogen-bond acceptors (Lipinski definition) is 2. The van der Waals surface area contributed by atoms with Gasteiger partial charge in [-0.25, -0.2) is 0 Å². The molecule has 1 atom stereocenters. The molecule has 1 aliphatic rings. The van der Waals surface area contributed by atoms with Crippen molar-refractivity contribution >= 4 is 16.8 Å². The second-order valence-corrected chi connectivity index (χ2v) is 5.59. The number of rotatable bonds is 3. The molecule has 2 N–H and O–H groups in total. The number of carbonyl (C=O) groups is 1. The monoisotopic (exact) mass is 271 g/mol. The molecule has 1 amide bonds. The molecular formula is C16H21N3O. The zero-order valence-corrected chi connectivity index (χ0v) is 11.9. The van der Waals surface area contributed by atoms with Crippen molar-refractivity contribution in [1.29, 1.82) is 0 Å². The summed E-state index contributed by atoms with van der Waals surface area (Å²) in [5.74, 6) is 0.144. The van der Waals surface area contributed by atoms with Gasteiger partial charge in [-0.1, -0.05) is 24.6 Å². The fourth-order valence-electron chi connectivity index (χ4n) is 2.94. The van der Waals surface area contributed by atoms with Crippen LogP contribution in [0.25, 0.3) is 10.9 Å². The Kier molecular flexibility index (Phi) is 3.74. The molecule has 4 nitrogen and oxygen atoms in total. The van der Waals surface area contributed by atoms with E-state index >= 15 is 0 Å². The third-order valence-electron chi connectivity index (χ3n) is 4.11. The molecule has 4 heteroatoms. The highest BCUT2D eigenvalue weighted by Crippen LogP contribution is 2.16. The number of carbonyl (C=O) groups excluding carboxylic acids is 1. The van der Waals surface area contributed by atoms with Crippen molar-refractivity contribution in [1.82, 2.24) is 15.2 Å². The predicted molar refractivity (Wildman–Crippen MR) is 80.4 cm³/mol. The van der Waals surface area contributed by atoms with E-state index in [0.717, 1.165) is 30.6 Å². The van der Waals surface area contributed by atoms with Crippen molar-refractivity contribution in [3.05, 3.63) is 36.0 Å². The smallest absolute Gasteiger partial charge is 0.237 e. The molecule has 3 rings (SSSR count). The SMILES string of the molecule is CN1CCCCC1C(=O)NCc1cc2ccccc2[nH]1. The van der Waals surface area contributed by atoms with E-state index < -0.39 is 0 Å². The third-order valence-corrected chi connectivity index (χ3v) is 4.11. The summed E-state index contributed by atoms with van der Waals surface area (Å²) in [6.07, 6.45) is 3.31. The van der Waals surface area contributed by atoms with Crippen LogP contribution >= 0.6 is 0 Å². The van der Waals surface area contributed by atoms with Gasteiger partial charge in [-0.3, -0.25) is 9.69 Å². The van der Waals surface area contributed by atoms with Gasteiger partial charge < -0.3 is 10.3 Å². The number of piperidine rings is 1. The molecule has 1 aromatic carbocycles. The van der Waals surface area contributed by atoms with Gasteiger partial charge in [0.2, 0.25) is 5.91 Å². The highest BCUT2D eigenvalue weighted by Gasteiger charge is 2.25. The highest BCUT2D eigenvalue weighted by atomic mass is 16.2. The van der Waals surface area contributed by atoms with Gasteiger partial charge in [-0.05, 0) is 44.0 Å². The summed E-state index contributed by atoms with van der Waals surface area (Å²) >= 11 is 0. The van der Waals surface area contributed by atoms with Crippen molar-refractivity contribution in [2.45, 2.75) is 31.8 Å². The number of benzene rings is 1.